The fourth-order valence-electron chi connectivity index (χ4n) is 4.38. The third kappa shape index (κ3) is 2.84. The molecule has 0 spiro atoms. The topological polar surface area (TPSA) is 116 Å². The van der Waals surface area contributed by atoms with Crippen LogP contribution in [0.2, 0.25) is 0 Å². The van der Waals surface area contributed by atoms with Gasteiger partial charge < -0.3 is 14.7 Å². The lowest BCUT2D eigenvalue weighted by Gasteiger charge is -2.36. The quantitative estimate of drug-likeness (QED) is 0.705. The van der Waals surface area contributed by atoms with Crippen LogP contribution in [-0.4, -0.2) is 84.5 Å². The van der Waals surface area contributed by atoms with Gasteiger partial charge in [0.05, 0.1) is 31.7 Å². The van der Waals surface area contributed by atoms with Gasteiger partial charge in [0.15, 0.2) is 5.69 Å². The summed E-state index contributed by atoms with van der Waals surface area (Å²) in [4.78, 5) is 14.8. The summed E-state index contributed by atoms with van der Waals surface area (Å²) in [5.74, 6) is 0.0817. The van der Waals surface area contributed by atoms with Crippen molar-refractivity contribution in [3.8, 4) is 0 Å². The van der Waals surface area contributed by atoms with Crippen molar-refractivity contribution in [1.29, 1.82) is 0 Å². The van der Waals surface area contributed by atoms with Crippen LogP contribution in [0.15, 0.2) is 0 Å². The van der Waals surface area contributed by atoms with E-state index in [0.717, 1.165) is 12.0 Å². The number of aliphatic hydroxyl groups is 1. The standard InChI is InChI=1S/C16H24N4O5S/c1-26(23,24)20-4-2-12-13(7-20)17-18-14(12)15(22)19-6-11-3-5-25-10-16(11,8-19)9-21/h11,21H,2-10H2,1H3,(H,17,18)/t11-,16+/m0/s1. The van der Waals surface area contributed by atoms with Crippen LogP contribution in [0.25, 0.3) is 0 Å². The number of aromatic nitrogens is 2. The van der Waals surface area contributed by atoms with Gasteiger partial charge in [-0.1, -0.05) is 0 Å². The highest BCUT2D eigenvalue weighted by Gasteiger charge is 2.50. The second kappa shape index (κ2) is 6.29. The van der Waals surface area contributed by atoms with Gasteiger partial charge >= 0.3 is 0 Å². The first-order valence-corrected chi connectivity index (χ1v) is 10.7. The molecule has 0 radical (unpaired) electrons. The number of rotatable bonds is 3. The molecule has 144 valence electrons. The number of fused-ring (bicyclic) bond motifs is 2. The molecule has 2 N–H and O–H groups in total. The summed E-state index contributed by atoms with van der Waals surface area (Å²) in [6.07, 6.45) is 2.49. The molecule has 3 aliphatic heterocycles. The number of likely N-dealkylation sites (tertiary alicyclic amines) is 1. The van der Waals surface area contributed by atoms with Crippen molar-refractivity contribution in [3.63, 3.8) is 0 Å². The Bertz CT molecular complexity index is 823. The average Bonchev–Trinajstić information content (AvgIpc) is 3.21. The second-order valence-corrected chi connectivity index (χ2v) is 9.60. The normalized spacial score (nSPS) is 29.5. The van der Waals surface area contributed by atoms with E-state index in [-0.39, 0.29) is 30.4 Å². The highest BCUT2D eigenvalue weighted by Crippen LogP contribution is 2.41. The molecular weight excluding hydrogens is 360 g/mol. The fourth-order valence-corrected chi connectivity index (χ4v) is 5.16. The third-order valence-electron chi connectivity index (χ3n) is 5.98. The summed E-state index contributed by atoms with van der Waals surface area (Å²) in [5, 5.41) is 16.9. The lowest BCUT2D eigenvalue weighted by atomic mass is 9.76. The zero-order valence-electron chi connectivity index (χ0n) is 14.8. The molecule has 0 unspecified atom stereocenters. The monoisotopic (exact) mass is 384 g/mol. The number of hydrogen-bond donors (Lipinski definition) is 2. The summed E-state index contributed by atoms with van der Waals surface area (Å²) in [5.41, 5.74) is 1.49. The number of H-pyrrole nitrogens is 1. The number of carbonyl (C=O) groups excluding carboxylic acids is 1. The minimum absolute atomic E-state index is 0.00341. The van der Waals surface area contributed by atoms with Crippen molar-refractivity contribution in [2.45, 2.75) is 19.4 Å². The molecule has 2 fully saturated rings. The summed E-state index contributed by atoms with van der Waals surface area (Å²) < 4.78 is 30.4. The molecule has 1 aromatic rings. The molecule has 0 bridgehead atoms. The van der Waals surface area contributed by atoms with Crippen molar-refractivity contribution >= 4 is 15.9 Å². The first-order valence-electron chi connectivity index (χ1n) is 8.83. The number of aliphatic hydroxyl groups excluding tert-OH is 1. The Morgan fingerprint density at radius 1 is 1.50 bits per heavy atom. The van der Waals surface area contributed by atoms with E-state index >= 15 is 0 Å². The zero-order chi connectivity index (χ0) is 18.5. The number of ether oxygens (including phenoxy) is 1. The average molecular weight is 384 g/mol. The van der Waals surface area contributed by atoms with Crippen LogP contribution >= 0.6 is 0 Å². The van der Waals surface area contributed by atoms with Crippen LogP contribution in [0.3, 0.4) is 0 Å². The van der Waals surface area contributed by atoms with Crippen molar-refractivity contribution in [2.24, 2.45) is 11.3 Å². The Labute approximate surface area is 152 Å². The molecule has 1 amide bonds. The Morgan fingerprint density at radius 2 is 2.31 bits per heavy atom. The van der Waals surface area contributed by atoms with Gasteiger partial charge in [-0.15, -0.1) is 0 Å². The molecule has 1 aromatic heterocycles. The molecule has 26 heavy (non-hydrogen) atoms. The Morgan fingerprint density at radius 3 is 3.00 bits per heavy atom. The highest BCUT2D eigenvalue weighted by molar-refractivity contribution is 7.88. The number of carbonyl (C=O) groups is 1. The summed E-state index contributed by atoms with van der Waals surface area (Å²) in [6, 6.07) is 0. The van der Waals surface area contributed by atoms with E-state index in [4.69, 9.17) is 4.74 Å². The molecule has 0 aromatic carbocycles. The van der Waals surface area contributed by atoms with Crippen molar-refractivity contribution in [1.82, 2.24) is 19.4 Å². The van der Waals surface area contributed by atoms with E-state index in [2.05, 4.69) is 10.2 Å². The van der Waals surface area contributed by atoms with E-state index in [1.165, 1.54) is 10.6 Å². The van der Waals surface area contributed by atoms with Gasteiger partial charge in [-0.05, 0) is 18.8 Å². The van der Waals surface area contributed by atoms with Crippen LogP contribution in [0, 0.1) is 11.3 Å². The van der Waals surface area contributed by atoms with Gasteiger partial charge in [-0.3, -0.25) is 9.89 Å². The molecule has 10 heteroatoms. The molecule has 2 saturated heterocycles. The van der Waals surface area contributed by atoms with Crippen LogP contribution in [-0.2, 0) is 27.7 Å². The van der Waals surface area contributed by atoms with Gasteiger partial charge in [0, 0.05) is 37.2 Å². The van der Waals surface area contributed by atoms with Crippen LogP contribution in [0.1, 0.15) is 28.2 Å². The van der Waals surface area contributed by atoms with Crippen molar-refractivity contribution in [3.05, 3.63) is 17.0 Å². The largest absolute Gasteiger partial charge is 0.396 e. The number of sulfonamides is 1. The number of nitrogens with one attached hydrogen (secondary N) is 1. The van der Waals surface area contributed by atoms with Crippen LogP contribution in [0.4, 0.5) is 0 Å². The summed E-state index contributed by atoms with van der Waals surface area (Å²) >= 11 is 0. The number of aromatic amines is 1. The van der Waals surface area contributed by atoms with E-state index in [1.807, 2.05) is 0 Å². The Balaban J connectivity index is 1.55. The lowest BCUT2D eigenvalue weighted by Crippen LogP contribution is -2.43. The van der Waals surface area contributed by atoms with Gasteiger partial charge in [-0.2, -0.15) is 9.40 Å². The number of amides is 1. The number of nitrogens with zero attached hydrogens (tertiary/aromatic N) is 3. The highest BCUT2D eigenvalue weighted by atomic mass is 32.2. The molecule has 9 nitrogen and oxygen atoms in total. The van der Waals surface area contributed by atoms with Gasteiger partial charge in [0.2, 0.25) is 10.0 Å². The predicted octanol–water partition coefficient (Wildman–Crippen LogP) is -0.802. The third-order valence-corrected chi connectivity index (χ3v) is 7.23. The second-order valence-electron chi connectivity index (χ2n) is 7.62. The molecule has 4 rings (SSSR count). The van der Waals surface area contributed by atoms with Gasteiger partial charge in [0.1, 0.15) is 0 Å². The molecule has 3 aliphatic rings. The minimum atomic E-state index is -3.27. The van der Waals surface area contributed by atoms with E-state index in [9.17, 15) is 18.3 Å². The number of hydrogen-bond acceptors (Lipinski definition) is 6. The molecular formula is C16H24N4O5S. The molecule has 2 atom stereocenters. The lowest BCUT2D eigenvalue weighted by molar-refractivity contribution is -0.0557. The Hall–Kier alpha value is -1.49. The molecule has 4 heterocycles. The van der Waals surface area contributed by atoms with E-state index in [1.54, 1.807) is 4.90 Å². The maximum Gasteiger partial charge on any atom is 0.274 e. The van der Waals surface area contributed by atoms with Crippen LogP contribution < -0.4 is 0 Å². The van der Waals surface area contributed by atoms with Crippen molar-refractivity contribution in [2.75, 3.05) is 45.7 Å². The van der Waals surface area contributed by atoms with Gasteiger partial charge in [0.25, 0.3) is 5.91 Å². The minimum Gasteiger partial charge on any atom is -0.396 e. The first-order chi connectivity index (χ1) is 12.3. The smallest absolute Gasteiger partial charge is 0.274 e. The zero-order valence-corrected chi connectivity index (χ0v) is 15.6. The van der Waals surface area contributed by atoms with Gasteiger partial charge in [-0.25, -0.2) is 8.42 Å². The SMILES string of the molecule is CS(=O)(=O)N1CCc2c(C(=O)N3C[C@@H]4CCOC[C@]4(CO)C3)n[nH]c2C1. The van der Waals surface area contributed by atoms with Crippen LogP contribution in [0.5, 0.6) is 0 Å². The summed E-state index contributed by atoms with van der Waals surface area (Å²) in [7, 11) is -3.27. The first kappa shape index (κ1) is 17.9. The Kier molecular flexibility index (Phi) is 4.33. The van der Waals surface area contributed by atoms with E-state index in [0.29, 0.717) is 50.7 Å². The molecule has 0 saturated carbocycles. The predicted molar refractivity (Wildman–Crippen MR) is 91.9 cm³/mol. The van der Waals surface area contributed by atoms with E-state index < -0.39 is 10.0 Å². The van der Waals surface area contributed by atoms with Crippen molar-refractivity contribution < 1.29 is 23.1 Å². The maximum atomic E-state index is 13.0. The molecule has 0 aliphatic carbocycles. The summed E-state index contributed by atoms with van der Waals surface area (Å²) in [6.45, 7) is 2.76. The maximum absolute atomic E-state index is 13.0. The fraction of sp³-hybridized carbons (Fsp3) is 0.750.